The Balaban J connectivity index is 2.12. The molecule has 1 heterocycles. The summed E-state index contributed by atoms with van der Waals surface area (Å²) in [6.07, 6.45) is 2.36. The molecule has 4 nitrogen and oxygen atoms in total. The lowest BCUT2D eigenvalue weighted by atomic mass is 9.93. The number of fused-ring (bicyclic) bond motifs is 1. The Morgan fingerprint density at radius 3 is 2.71 bits per heavy atom. The molecule has 21 heavy (non-hydrogen) atoms. The van der Waals surface area contributed by atoms with E-state index in [4.69, 9.17) is 5.73 Å². The summed E-state index contributed by atoms with van der Waals surface area (Å²) in [7, 11) is 0. The van der Waals surface area contributed by atoms with Gasteiger partial charge in [-0.1, -0.05) is 32.0 Å². The van der Waals surface area contributed by atoms with Crippen LogP contribution < -0.4 is 5.73 Å². The molecule has 0 saturated carbocycles. The van der Waals surface area contributed by atoms with Crippen LogP contribution in [0.25, 0.3) is 10.9 Å². The maximum Gasteiger partial charge on any atom is 0.227 e. The van der Waals surface area contributed by atoms with Gasteiger partial charge in [-0.3, -0.25) is 4.79 Å². The van der Waals surface area contributed by atoms with Gasteiger partial charge in [0.1, 0.15) is 0 Å². The van der Waals surface area contributed by atoms with E-state index in [0.29, 0.717) is 26.1 Å². The average molecular weight is 287 g/mol. The first-order valence-corrected chi connectivity index (χ1v) is 7.49. The van der Waals surface area contributed by atoms with Gasteiger partial charge in [0.2, 0.25) is 5.91 Å². The number of carbonyl (C=O) groups excluding carboxylic acids is 1. The Morgan fingerprint density at radius 2 is 2.05 bits per heavy atom. The summed E-state index contributed by atoms with van der Waals surface area (Å²) >= 11 is 0. The monoisotopic (exact) mass is 287 g/mol. The summed E-state index contributed by atoms with van der Waals surface area (Å²) in [5.41, 5.74) is 7.86. The lowest BCUT2D eigenvalue weighted by Gasteiger charge is -2.31. The highest BCUT2D eigenvalue weighted by Crippen LogP contribution is 2.20. The maximum atomic E-state index is 12.6. The number of para-hydroxylation sites is 1. The van der Waals surface area contributed by atoms with E-state index < -0.39 is 0 Å². The van der Waals surface area contributed by atoms with Crippen LogP contribution in [0.3, 0.4) is 0 Å². The normalized spacial score (nSPS) is 11.8. The third kappa shape index (κ3) is 3.64. The van der Waals surface area contributed by atoms with Crippen molar-refractivity contribution in [3.05, 3.63) is 36.0 Å². The minimum atomic E-state index is -0.0497. The fourth-order valence-corrected chi connectivity index (χ4v) is 2.51. The first kappa shape index (κ1) is 15.6. The molecule has 0 atom stereocenters. The van der Waals surface area contributed by atoms with E-state index in [2.05, 4.69) is 24.9 Å². The minimum Gasteiger partial charge on any atom is -0.361 e. The van der Waals surface area contributed by atoms with Gasteiger partial charge < -0.3 is 15.6 Å². The van der Waals surface area contributed by atoms with Crippen molar-refractivity contribution < 1.29 is 4.79 Å². The van der Waals surface area contributed by atoms with E-state index in [-0.39, 0.29) is 11.3 Å². The molecule has 2 aromatic rings. The Morgan fingerprint density at radius 1 is 1.33 bits per heavy atom. The average Bonchev–Trinajstić information content (AvgIpc) is 2.88. The number of amides is 1. The predicted molar refractivity (Wildman–Crippen MR) is 87.1 cm³/mol. The van der Waals surface area contributed by atoms with Crippen molar-refractivity contribution >= 4 is 16.8 Å². The molecule has 0 spiro atoms. The van der Waals surface area contributed by atoms with Crippen LogP contribution in [-0.2, 0) is 11.2 Å². The number of hydrogen-bond donors (Lipinski definition) is 2. The number of aromatic amines is 1. The number of benzene rings is 1. The number of aromatic nitrogens is 1. The van der Waals surface area contributed by atoms with Crippen molar-refractivity contribution in [3.8, 4) is 0 Å². The van der Waals surface area contributed by atoms with Gasteiger partial charge in [0, 0.05) is 30.2 Å². The molecule has 1 amide bonds. The van der Waals surface area contributed by atoms with E-state index in [1.165, 1.54) is 0 Å². The zero-order valence-corrected chi connectivity index (χ0v) is 13.1. The number of nitrogens with two attached hydrogens (primary N) is 1. The van der Waals surface area contributed by atoms with Gasteiger partial charge in [0.15, 0.2) is 0 Å². The summed E-state index contributed by atoms with van der Waals surface area (Å²) in [5, 5.41) is 1.12. The zero-order valence-electron chi connectivity index (χ0n) is 13.1. The quantitative estimate of drug-likeness (QED) is 0.857. The topological polar surface area (TPSA) is 62.1 Å². The summed E-state index contributed by atoms with van der Waals surface area (Å²) in [4.78, 5) is 17.7. The number of likely N-dealkylation sites (N-methyl/N-ethyl adjacent to an activating group) is 1. The highest BCUT2D eigenvalue weighted by molar-refractivity contribution is 5.88. The number of carbonyl (C=O) groups is 1. The van der Waals surface area contributed by atoms with Crippen molar-refractivity contribution in [3.63, 3.8) is 0 Å². The van der Waals surface area contributed by atoms with Gasteiger partial charge in [-0.25, -0.2) is 0 Å². The molecular formula is C17H25N3O. The highest BCUT2D eigenvalue weighted by atomic mass is 16.2. The Bertz CT molecular complexity index is 615. The van der Waals surface area contributed by atoms with E-state index >= 15 is 0 Å². The summed E-state index contributed by atoms with van der Waals surface area (Å²) in [6.45, 7) is 8.18. The number of rotatable bonds is 6. The first-order chi connectivity index (χ1) is 9.96. The van der Waals surface area contributed by atoms with E-state index in [9.17, 15) is 4.79 Å². The van der Waals surface area contributed by atoms with Gasteiger partial charge >= 0.3 is 0 Å². The predicted octanol–water partition coefficient (Wildman–Crippen LogP) is 2.54. The molecule has 0 bridgehead atoms. The second-order valence-electron chi connectivity index (χ2n) is 6.31. The molecule has 0 fully saturated rings. The number of H-pyrrole nitrogens is 1. The molecular weight excluding hydrogens is 262 g/mol. The molecule has 0 aliphatic rings. The third-order valence-electron chi connectivity index (χ3n) is 3.92. The van der Waals surface area contributed by atoms with Crippen LogP contribution in [0.2, 0.25) is 0 Å². The summed E-state index contributed by atoms with van der Waals surface area (Å²) in [5.74, 6) is 0.156. The number of hydrogen-bond acceptors (Lipinski definition) is 2. The second kappa shape index (κ2) is 6.31. The number of nitrogens with zero attached hydrogens (tertiary/aromatic N) is 1. The maximum absolute atomic E-state index is 12.6. The fourth-order valence-electron chi connectivity index (χ4n) is 2.51. The van der Waals surface area contributed by atoms with Crippen LogP contribution in [0.4, 0.5) is 0 Å². The molecule has 3 N–H and O–H groups in total. The van der Waals surface area contributed by atoms with Crippen molar-refractivity contribution in [2.75, 3.05) is 19.6 Å². The van der Waals surface area contributed by atoms with Gasteiger partial charge in [0.25, 0.3) is 0 Å². The van der Waals surface area contributed by atoms with E-state index in [1.807, 2.05) is 36.2 Å². The molecule has 114 valence electrons. The van der Waals surface area contributed by atoms with Crippen LogP contribution >= 0.6 is 0 Å². The fraction of sp³-hybridized carbons (Fsp3) is 0.471. The minimum absolute atomic E-state index is 0.0497. The molecule has 0 radical (unpaired) electrons. The standard InChI is InChI=1S/C17H25N3O/c1-4-20(12-17(2,3)11-18)16(21)9-13-10-19-15-8-6-5-7-14(13)15/h5-8,10,19H,4,9,11-12,18H2,1-3H3. The van der Waals surface area contributed by atoms with Gasteiger partial charge in [-0.2, -0.15) is 0 Å². The smallest absolute Gasteiger partial charge is 0.227 e. The Labute approximate surface area is 126 Å². The van der Waals surface area contributed by atoms with Gasteiger partial charge in [-0.15, -0.1) is 0 Å². The van der Waals surface area contributed by atoms with Crippen LogP contribution in [0.1, 0.15) is 26.3 Å². The first-order valence-electron chi connectivity index (χ1n) is 7.49. The largest absolute Gasteiger partial charge is 0.361 e. The van der Waals surface area contributed by atoms with Crippen molar-refractivity contribution in [1.82, 2.24) is 9.88 Å². The van der Waals surface area contributed by atoms with E-state index in [1.54, 1.807) is 0 Å². The molecule has 1 aromatic heterocycles. The van der Waals surface area contributed by atoms with Crippen LogP contribution in [-0.4, -0.2) is 35.4 Å². The third-order valence-corrected chi connectivity index (χ3v) is 3.92. The van der Waals surface area contributed by atoms with Crippen molar-refractivity contribution in [2.24, 2.45) is 11.1 Å². The second-order valence-corrected chi connectivity index (χ2v) is 6.31. The summed E-state index contributed by atoms with van der Waals surface area (Å²) < 4.78 is 0. The molecule has 0 aliphatic carbocycles. The van der Waals surface area contributed by atoms with Crippen LogP contribution in [0.15, 0.2) is 30.5 Å². The summed E-state index contributed by atoms with van der Waals surface area (Å²) in [6, 6.07) is 8.07. The van der Waals surface area contributed by atoms with Crippen molar-refractivity contribution in [1.29, 1.82) is 0 Å². The van der Waals surface area contributed by atoms with Crippen molar-refractivity contribution in [2.45, 2.75) is 27.2 Å². The molecule has 1 aromatic carbocycles. The van der Waals surface area contributed by atoms with Crippen LogP contribution in [0, 0.1) is 5.41 Å². The van der Waals surface area contributed by atoms with Gasteiger partial charge in [0.05, 0.1) is 6.42 Å². The molecule has 0 unspecified atom stereocenters. The Kier molecular flexibility index (Phi) is 4.68. The highest BCUT2D eigenvalue weighted by Gasteiger charge is 2.23. The molecule has 0 saturated heterocycles. The lowest BCUT2D eigenvalue weighted by Crippen LogP contribution is -2.42. The molecule has 2 rings (SSSR count). The zero-order chi connectivity index (χ0) is 15.5. The Hall–Kier alpha value is -1.81. The van der Waals surface area contributed by atoms with Crippen LogP contribution in [0.5, 0.6) is 0 Å². The van der Waals surface area contributed by atoms with E-state index in [0.717, 1.165) is 16.5 Å². The lowest BCUT2D eigenvalue weighted by molar-refractivity contribution is -0.131. The molecule has 4 heteroatoms. The SMILES string of the molecule is CCN(CC(C)(C)CN)C(=O)Cc1c[nH]c2ccccc12. The van der Waals surface area contributed by atoms with Gasteiger partial charge in [-0.05, 0) is 30.5 Å². The molecule has 0 aliphatic heterocycles. The number of nitrogens with one attached hydrogen (secondary N) is 1.